The van der Waals surface area contributed by atoms with Crippen LogP contribution < -0.4 is 5.32 Å². The maximum Gasteiger partial charge on any atom is 0.226 e. The number of hydrogen-bond donors (Lipinski definition) is 1. The molecule has 1 N–H and O–H groups in total. The highest BCUT2D eigenvalue weighted by Crippen LogP contribution is 2.18. The molecule has 1 fully saturated rings. The molecule has 0 aliphatic heterocycles. The summed E-state index contributed by atoms with van der Waals surface area (Å²) in [5, 5.41) is 6.22. The van der Waals surface area contributed by atoms with Crippen molar-refractivity contribution in [2.45, 2.75) is 51.0 Å². The zero-order valence-electron chi connectivity index (χ0n) is 12.6. The average Bonchev–Trinajstić information content (AvgIpc) is 3.18. The van der Waals surface area contributed by atoms with Crippen molar-refractivity contribution < 1.29 is 4.79 Å². The third-order valence-electron chi connectivity index (χ3n) is 4.04. The summed E-state index contributed by atoms with van der Waals surface area (Å²) in [6.07, 6.45) is 10.6. The summed E-state index contributed by atoms with van der Waals surface area (Å²) in [6.45, 7) is 0. The molecule has 0 aromatic carbocycles. The van der Waals surface area contributed by atoms with Gasteiger partial charge in [0.15, 0.2) is 0 Å². The van der Waals surface area contributed by atoms with E-state index in [9.17, 15) is 4.79 Å². The van der Waals surface area contributed by atoms with Crippen LogP contribution in [0.3, 0.4) is 0 Å². The van der Waals surface area contributed by atoms with Crippen LogP contribution in [0.25, 0.3) is 0 Å². The molecule has 22 heavy (non-hydrogen) atoms. The van der Waals surface area contributed by atoms with Gasteiger partial charge in [0.1, 0.15) is 0 Å². The van der Waals surface area contributed by atoms with Gasteiger partial charge in [0.25, 0.3) is 0 Å². The summed E-state index contributed by atoms with van der Waals surface area (Å²) in [4.78, 5) is 20.6. The van der Waals surface area contributed by atoms with E-state index in [1.54, 1.807) is 11.3 Å². The first-order chi connectivity index (χ1) is 10.8. The highest BCUT2D eigenvalue weighted by molar-refractivity contribution is 7.09. The predicted octanol–water partition coefficient (Wildman–Crippen LogP) is 2.92. The van der Waals surface area contributed by atoms with Crippen LogP contribution in [0.1, 0.15) is 41.9 Å². The van der Waals surface area contributed by atoms with E-state index < -0.39 is 0 Å². The van der Waals surface area contributed by atoms with Crippen molar-refractivity contribution >= 4 is 17.2 Å². The molecule has 4 nitrogen and oxygen atoms in total. The van der Waals surface area contributed by atoms with Crippen LogP contribution in [0.2, 0.25) is 0 Å². The van der Waals surface area contributed by atoms with E-state index in [0.29, 0.717) is 12.5 Å². The maximum atomic E-state index is 12.0. The monoisotopic (exact) mass is 315 g/mol. The summed E-state index contributed by atoms with van der Waals surface area (Å²) in [5.41, 5.74) is 2.16. The van der Waals surface area contributed by atoms with Gasteiger partial charge in [0.05, 0.1) is 17.1 Å². The van der Waals surface area contributed by atoms with Crippen LogP contribution in [-0.2, 0) is 24.1 Å². The molecule has 1 aliphatic rings. The SMILES string of the molecule is O=C(Cc1csc(CCc2ccncc2)n1)NC1CCCC1. The number of carbonyl (C=O) groups is 1. The smallest absolute Gasteiger partial charge is 0.226 e. The number of thiazole rings is 1. The van der Waals surface area contributed by atoms with Crippen molar-refractivity contribution in [3.63, 3.8) is 0 Å². The Morgan fingerprint density at radius 2 is 2.00 bits per heavy atom. The first kappa shape index (κ1) is 15.2. The average molecular weight is 315 g/mol. The number of nitrogens with zero attached hydrogens (tertiary/aromatic N) is 2. The first-order valence-corrected chi connectivity index (χ1v) is 8.79. The molecule has 2 aromatic rings. The Labute approximate surface area is 135 Å². The molecule has 2 aromatic heterocycles. The number of rotatable bonds is 6. The van der Waals surface area contributed by atoms with E-state index in [2.05, 4.69) is 15.3 Å². The van der Waals surface area contributed by atoms with Gasteiger partial charge >= 0.3 is 0 Å². The molecular formula is C17H21N3OS. The standard InChI is InChI=1S/C17H21N3OS/c21-16(19-14-3-1-2-4-14)11-15-12-22-17(20-15)6-5-13-7-9-18-10-8-13/h7-10,12,14H,1-6,11H2,(H,19,21). The molecule has 5 heteroatoms. The van der Waals surface area contributed by atoms with Gasteiger partial charge in [-0.1, -0.05) is 12.8 Å². The van der Waals surface area contributed by atoms with E-state index in [0.717, 1.165) is 36.4 Å². The number of aromatic nitrogens is 2. The molecule has 0 saturated heterocycles. The van der Waals surface area contributed by atoms with E-state index in [1.165, 1.54) is 18.4 Å². The van der Waals surface area contributed by atoms with Gasteiger partial charge in [0, 0.05) is 30.2 Å². The van der Waals surface area contributed by atoms with Crippen LogP contribution in [-0.4, -0.2) is 21.9 Å². The summed E-state index contributed by atoms with van der Waals surface area (Å²) >= 11 is 1.65. The van der Waals surface area contributed by atoms with E-state index >= 15 is 0 Å². The molecule has 0 unspecified atom stereocenters. The van der Waals surface area contributed by atoms with Crippen LogP contribution in [0.5, 0.6) is 0 Å². The fourth-order valence-electron chi connectivity index (χ4n) is 2.86. The Morgan fingerprint density at radius 1 is 1.23 bits per heavy atom. The lowest BCUT2D eigenvalue weighted by atomic mass is 10.1. The summed E-state index contributed by atoms with van der Waals surface area (Å²) in [5.74, 6) is 0.109. The zero-order valence-corrected chi connectivity index (χ0v) is 13.4. The molecule has 2 heterocycles. The van der Waals surface area contributed by atoms with Crippen molar-refractivity contribution in [1.29, 1.82) is 0 Å². The Balaban J connectivity index is 1.47. The minimum Gasteiger partial charge on any atom is -0.353 e. The topological polar surface area (TPSA) is 54.9 Å². The molecule has 116 valence electrons. The second kappa shape index (κ2) is 7.49. The molecule has 3 rings (SSSR count). The first-order valence-electron chi connectivity index (χ1n) is 7.91. The number of pyridine rings is 1. The highest BCUT2D eigenvalue weighted by Gasteiger charge is 2.17. The molecule has 0 bridgehead atoms. The lowest BCUT2D eigenvalue weighted by Gasteiger charge is -2.10. The van der Waals surface area contributed by atoms with Gasteiger partial charge in [-0.3, -0.25) is 9.78 Å². The van der Waals surface area contributed by atoms with Crippen molar-refractivity contribution in [3.05, 3.63) is 46.2 Å². The molecule has 0 radical (unpaired) electrons. The van der Waals surface area contributed by atoms with Crippen molar-refractivity contribution in [2.24, 2.45) is 0 Å². The summed E-state index contributed by atoms with van der Waals surface area (Å²) in [7, 11) is 0. The molecular weight excluding hydrogens is 294 g/mol. The van der Waals surface area contributed by atoms with Gasteiger partial charge in [0.2, 0.25) is 5.91 Å². The van der Waals surface area contributed by atoms with Crippen molar-refractivity contribution in [1.82, 2.24) is 15.3 Å². The van der Waals surface area contributed by atoms with Crippen LogP contribution in [0, 0.1) is 0 Å². The van der Waals surface area contributed by atoms with E-state index in [4.69, 9.17) is 0 Å². The third-order valence-corrected chi connectivity index (χ3v) is 5.00. The van der Waals surface area contributed by atoms with Crippen LogP contribution >= 0.6 is 11.3 Å². The summed E-state index contributed by atoms with van der Waals surface area (Å²) in [6, 6.07) is 4.45. The number of carbonyl (C=O) groups excluding carboxylic acids is 1. The third kappa shape index (κ3) is 4.37. The van der Waals surface area contributed by atoms with Crippen LogP contribution in [0.15, 0.2) is 29.9 Å². The second-order valence-electron chi connectivity index (χ2n) is 5.81. The Hall–Kier alpha value is -1.75. The van der Waals surface area contributed by atoms with Gasteiger partial charge in [-0.25, -0.2) is 4.98 Å². The van der Waals surface area contributed by atoms with E-state index in [-0.39, 0.29) is 5.91 Å². The lowest BCUT2D eigenvalue weighted by Crippen LogP contribution is -2.33. The quantitative estimate of drug-likeness (QED) is 0.892. The van der Waals surface area contributed by atoms with Gasteiger partial charge in [-0.15, -0.1) is 11.3 Å². The van der Waals surface area contributed by atoms with Gasteiger partial charge in [-0.2, -0.15) is 0 Å². The van der Waals surface area contributed by atoms with Gasteiger partial charge in [-0.05, 0) is 37.0 Å². The lowest BCUT2D eigenvalue weighted by molar-refractivity contribution is -0.121. The minimum atomic E-state index is 0.109. The number of amides is 1. The second-order valence-corrected chi connectivity index (χ2v) is 6.76. The minimum absolute atomic E-state index is 0.109. The zero-order chi connectivity index (χ0) is 15.2. The Kier molecular flexibility index (Phi) is 5.16. The normalized spacial score (nSPS) is 15.1. The van der Waals surface area contributed by atoms with Gasteiger partial charge < -0.3 is 5.32 Å². The molecule has 0 atom stereocenters. The highest BCUT2D eigenvalue weighted by atomic mass is 32.1. The summed E-state index contributed by atoms with van der Waals surface area (Å²) < 4.78 is 0. The molecule has 1 saturated carbocycles. The molecule has 0 spiro atoms. The van der Waals surface area contributed by atoms with Crippen LogP contribution in [0.4, 0.5) is 0 Å². The maximum absolute atomic E-state index is 12.0. The van der Waals surface area contributed by atoms with Crippen molar-refractivity contribution in [3.8, 4) is 0 Å². The number of aryl methyl sites for hydroxylation is 2. The molecule has 1 amide bonds. The van der Waals surface area contributed by atoms with Crippen molar-refractivity contribution in [2.75, 3.05) is 0 Å². The molecule has 1 aliphatic carbocycles. The number of hydrogen-bond acceptors (Lipinski definition) is 4. The fourth-order valence-corrected chi connectivity index (χ4v) is 3.66. The fraction of sp³-hybridized carbons (Fsp3) is 0.471. The largest absolute Gasteiger partial charge is 0.353 e. The van der Waals surface area contributed by atoms with E-state index in [1.807, 2.05) is 29.9 Å². The Morgan fingerprint density at radius 3 is 2.77 bits per heavy atom. The predicted molar refractivity (Wildman–Crippen MR) is 87.9 cm³/mol. The Bertz CT molecular complexity index is 605. The number of nitrogens with one attached hydrogen (secondary N) is 1.